The number of carboxylic acids is 2. The van der Waals surface area contributed by atoms with E-state index in [1.165, 1.54) is 64.2 Å². The van der Waals surface area contributed by atoms with E-state index in [-0.39, 0.29) is 11.1 Å². The van der Waals surface area contributed by atoms with Gasteiger partial charge in [-0.15, -0.1) is 0 Å². The highest BCUT2D eigenvalue weighted by atomic mass is 16.4. The molecule has 0 unspecified atom stereocenters. The molecule has 136 valence electrons. The summed E-state index contributed by atoms with van der Waals surface area (Å²) in [6.07, 6.45) is 14.4. The molecule has 4 nitrogen and oxygen atoms in total. The van der Waals surface area contributed by atoms with E-state index < -0.39 is 11.9 Å². The first-order valence-corrected chi connectivity index (χ1v) is 9.05. The average molecular weight is 334 g/mol. The minimum Gasteiger partial charge on any atom is -0.545 e. The van der Waals surface area contributed by atoms with Crippen LogP contribution < -0.4 is 10.2 Å². The fourth-order valence-electron chi connectivity index (χ4n) is 2.30. The Bertz CT molecular complexity index is 408. The van der Waals surface area contributed by atoms with Crippen LogP contribution in [0.2, 0.25) is 0 Å². The maximum absolute atomic E-state index is 10.2. The molecule has 1 rings (SSSR count). The summed E-state index contributed by atoms with van der Waals surface area (Å²) in [6, 6.07) is 4.61. The molecule has 0 fully saturated rings. The lowest BCUT2D eigenvalue weighted by molar-refractivity contribution is -0.256. The molecule has 0 aliphatic carbocycles. The van der Waals surface area contributed by atoms with Crippen LogP contribution >= 0.6 is 0 Å². The predicted octanol–water partition coefficient (Wildman–Crippen LogP) is 3.34. The molecule has 0 aliphatic rings. The highest BCUT2D eigenvalue weighted by molar-refractivity contribution is 5.89. The average Bonchev–Trinajstić information content (AvgIpc) is 2.58. The fourth-order valence-corrected chi connectivity index (χ4v) is 2.30. The van der Waals surface area contributed by atoms with Gasteiger partial charge in [-0.3, -0.25) is 0 Å². The molecule has 1 aromatic carbocycles. The number of carbonyl (C=O) groups excluding carboxylic acids is 2. The van der Waals surface area contributed by atoms with Crippen LogP contribution in [-0.2, 0) is 0 Å². The van der Waals surface area contributed by atoms with E-state index in [0.717, 1.165) is 24.3 Å². The molecule has 0 radical (unpaired) electrons. The van der Waals surface area contributed by atoms with Gasteiger partial charge in [0.2, 0.25) is 0 Å². The van der Waals surface area contributed by atoms with Crippen molar-refractivity contribution in [1.29, 1.82) is 0 Å². The van der Waals surface area contributed by atoms with Gasteiger partial charge in [-0.05, 0) is 11.1 Å². The van der Waals surface area contributed by atoms with Crippen molar-refractivity contribution < 1.29 is 19.8 Å². The highest BCUT2D eigenvalue weighted by Crippen LogP contribution is 2.09. The Labute approximate surface area is 145 Å². The van der Waals surface area contributed by atoms with E-state index in [1.807, 2.05) is 0 Å². The van der Waals surface area contributed by atoms with Crippen LogP contribution in [0.1, 0.15) is 98.8 Å². The minimum absolute atomic E-state index is 0.0556. The summed E-state index contributed by atoms with van der Waals surface area (Å²) in [6.45, 7) is 4.56. The molecule has 0 heterocycles. The first-order valence-electron chi connectivity index (χ1n) is 9.05. The summed E-state index contributed by atoms with van der Waals surface area (Å²) >= 11 is 0. The molecule has 0 atom stereocenters. The van der Waals surface area contributed by atoms with Crippen LogP contribution in [0, 0.1) is 0 Å². The van der Waals surface area contributed by atoms with Crippen molar-refractivity contribution in [3.63, 3.8) is 0 Å². The number of unbranched alkanes of at least 4 members (excludes halogenated alkanes) is 9. The largest absolute Gasteiger partial charge is 0.545 e. The van der Waals surface area contributed by atoms with Gasteiger partial charge in [-0.25, -0.2) is 0 Å². The van der Waals surface area contributed by atoms with Gasteiger partial charge in [0.15, 0.2) is 0 Å². The predicted molar refractivity (Wildman–Crippen MR) is 92.6 cm³/mol. The van der Waals surface area contributed by atoms with Crippen LogP contribution in [0.5, 0.6) is 0 Å². The summed E-state index contributed by atoms with van der Waals surface area (Å²) in [5, 5.41) is 20.4. The van der Waals surface area contributed by atoms with Gasteiger partial charge in [0.1, 0.15) is 0 Å². The maximum atomic E-state index is 10.2. The first-order chi connectivity index (χ1) is 11.5. The Morgan fingerprint density at radius 3 is 1.08 bits per heavy atom. The van der Waals surface area contributed by atoms with Crippen molar-refractivity contribution in [3.05, 3.63) is 35.4 Å². The number of hydrogen-bond donors (Lipinski definition) is 0. The molecule has 0 aliphatic heterocycles. The van der Waals surface area contributed by atoms with Crippen molar-refractivity contribution in [1.82, 2.24) is 0 Å². The fraction of sp³-hybridized carbons (Fsp3) is 0.600. The van der Waals surface area contributed by atoms with Gasteiger partial charge in [0.05, 0.1) is 11.9 Å². The molecule has 24 heavy (non-hydrogen) atoms. The molecular weight excluding hydrogens is 304 g/mol. The molecule has 4 heteroatoms. The molecule has 0 aromatic heterocycles. The van der Waals surface area contributed by atoms with Crippen molar-refractivity contribution in [2.45, 2.75) is 78.1 Å². The van der Waals surface area contributed by atoms with Gasteiger partial charge in [-0.2, -0.15) is 0 Å². The Kier molecular flexibility index (Phi) is 13.6. The highest BCUT2D eigenvalue weighted by Gasteiger charge is 1.94. The minimum atomic E-state index is -1.33. The molecule has 0 saturated carbocycles. The lowest BCUT2D eigenvalue weighted by atomic mass is 10.1. The third-order valence-corrected chi connectivity index (χ3v) is 3.81. The van der Waals surface area contributed by atoms with Crippen molar-refractivity contribution in [3.8, 4) is 0 Å². The van der Waals surface area contributed by atoms with Gasteiger partial charge in [0, 0.05) is 0 Å². The van der Waals surface area contributed by atoms with E-state index in [1.54, 1.807) is 0 Å². The van der Waals surface area contributed by atoms with E-state index in [9.17, 15) is 19.8 Å². The number of benzene rings is 1. The van der Waals surface area contributed by atoms with E-state index in [4.69, 9.17) is 0 Å². The monoisotopic (exact) mass is 334 g/mol. The second-order valence-electron chi connectivity index (χ2n) is 5.98. The Morgan fingerprint density at radius 1 is 0.625 bits per heavy atom. The molecular formula is C20H30O4-2. The zero-order valence-corrected chi connectivity index (χ0v) is 15.0. The lowest BCUT2D eigenvalue weighted by Crippen LogP contribution is -2.24. The van der Waals surface area contributed by atoms with Crippen LogP contribution in [0.4, 0.5) is 0 Å². The van der Waals surface area contributed by atoms with Crippen molar-refractivity contribution >= 4 is 11.9 Å². The van der Waals surface area contributed by atoms with Crippen LogP contribution in [0.15, 0.2) is 24.3 Å². The van der Waals surface area contributed by atoms with Gasteiger partial charge < -0.3 is 19.8 Å². The summed E-state index contributed by atoms with van der Waals surface area (Å²) in [7, 11) is 0. The van der Waals surface area contributed by atoms with Gasteiger partial charge in [-0.1, -0.05) is 102 Å². The van der Waals surface area contributed by atoms with E-state index in [0.29, 0.717) is 0 Å². The Balaban J connectivity index is 0.000000441. The summed E-state index contributed by atoms with van der Waals surface area (Å²) < 4.78 is 0. The van der Waals surface area contributed by atoms with Gasteiger partial charge >= 0.3 is 0 Å². The maximum Gasteiger partial charge on any atom is 0.0715 e. The van der Waals surface area contributed by atoms with E-state index in [2.05, 4.69) is 13.8 Å². The molecule has 1 aromatic rings. The standard InChI is InChI=1S/C12H26.C8H6O4/c1-3-5-7-9-11-12-10-8-6-4-2;9-7(10)5-1-2-6(4-3-5)8(11)12/h3-12H2,1-2H3;1-4H,(H,9,10)(H,11,12)/p-2. The molecule has 0 amide bonds. The smallest absolute Gasteiger partial charge is 0.0715 e. The third kappa shape index (κ3) is 11.7. The number of rotatable bonds is 11. The second kappa shape index (κ2) is 14.7. The third-order valence-electron chi connectivity index (χ3n) is 3.81. The zero-order chi connectivity index (χ0) is 18.2. The van der Waals surface area contributed by atoms with Crippen LogP contribution in [-0.4, -0.2) is 11.9 Å². The van der Waals surface area contributed by atoms with Crippen LogP contribution in [0.3, 0.4) is 0 Å². The molecule has 0 bridgehead atoms. The van der Waals surface area contributed by atoms with E-state index >= 15 is 0 Å². The first kappa shape index (κ1) is 22.2. The topological polar surface area (TPSA) is 80.3 Å². The molecule has 0 spiro atoms. The summed E-state index contributed by atoms with van der Waals surface area (Å²) in [5.41, 5.74) is -0.111. The Hall–Kier alpha value is -1.84. The number of carbonyl (C=O) groups is 2. The quantitative estimate of drug-likeness (QED) is 0.581. The van der Waals surface area contributed by atoms with Crippen LogP contribution in [0.25, 0.3) is 0 Å². The number of carboxylic acid groups (broad SMARTS) is 2. The Morgan fingerprint density at radius 2 is 0.875 bits per heavy atom. The SMILES string of the molecule is CCCCCCCCCCCC.O=C([O-])c1ccc(C(=O)[O-])cc1. The second-order valence-corrected chi connectivity index (χ2v) is 5.98. The van der Waals surface area contributed by atoms with Crippen molar-refractivity contribution in [2.75, 3.05) is 0 Å². The molecule has 0 saturated heterocycles. The number of aromatic carboxylic acids is 2. The number of hydrogen-bond acceptors (Lipinski definition) is 4. The molecule has 0 N–H and O–H groups in total. The summed E-state index contributed by atoms with van der Waals surface area (Å²) in [5.74, 6) is -2.67. The zero-order valence-electron chi connectivity index (χ0n) is 15.0. The lowest BCUT2D eigenvalue weighted by Gasteiger charge is -2.04. The summed E-state index contributed by atoms with van der Waals surface area (Å²) in [4.78, 5) is 20.4. The van der Waals surface area contributed by atoms with Crippen molar-refractivity contribution in [2.24, 2.45) is 0 Å². The van der Waals surface area contributed by atoms with Gasteiger partial charge in [0.25, 0.3) is 0 Å². The normalized spacial score (nSPS) is 9.92.